The molecule has 5 nitrogen and oxygen atoms in total. The SMILES string of the molecule is COC1CN(CC(N)c2cnn(C)c2)CCC1C. The first-order valence-electron chi connectivity index (χ1n) is 6.59. The van der Waals surface area contributed by atoms with Crippen LogP contribution >= 0.6 is 0 Å². The molecule has 1 aromatic rings. The van der Waals surface area contributed by atoms with E-state index in [-0.39, 0.29) is 6.04 Å². The number of nitrogens with zero attached hydrogens (tertiary/aromatic N) is 3. The van der Waals surface area contributed by atoms with E-state index in [9.17, 15) is 0 Å². The molecular weight excluding hydrogens is 228 g/mol. The van der Waals surface area contributed by atoms with E-state index < -0.39 is 0 Å². The molecule has 0 spiro atoms. The van der Waals surface area contributed by atoms with Crippen LogP contribution in [0.15, 0.2) is 12.4 Å². The number of rotatable bonds is 4. The Kier molecular flexibility index (Phi) is 4.37. The first-order valence-corrected chi connectivity index (χ1v) is 6.59. The van der Waals surface area contributed by atoms with Crippen LogP contribution < -0.4 is 5.73 Å². The molecule has 0 amide bonds. The van der Waals surface area contributed by atoms with E-state index in [1.165, 1.54) is 6.42 Å². The van der Waals surface area contributed by atoms with Crippen molar-refractivity contribution in [2.45, 2.75) is 25.5 Å². The van der Waals surface area contributed by atoms with Crippen LogP contribution in [0.1, 0.15) is 24.9 Å². The van der Waals surface area contributed by atoms with Gasteiger partial charge in [0, 0.05) is 45.0 Å². The van der Waals surface area contributed by atoms with Crippen molar-refractivity contribution in [3.05, 3.63) is 18.0 Å². The normalized spacial score (nSPS) is 27.3. The average molecular weight is 252 g/mol. The standard InChI is InChI=1S/C13H24N4O/c1-10-4-5-17(9-13(10)18-3)8-12(14)11-6-15-16(2)7-11/h6-7,10,12-13H,4-5,8-9,14H2,1-3H3. The lowest BCUT2D eigenvalue weighted by molar-refractivity contribution is -0.00644. The fourth-order valence-electron chi connectivity index (χ4n) is 2.59. The number of ether oxygens (including phenoxy) is 1. The summed E-state index contributed by atoms with van der Waals surface area (Å²) in [6, 6.07) is 0.0320. The van der Waals surface area contributed by atoms with Crippen LogP contribution in [0.2, 0.25) is 0 Å². The molecule has 0 bridgehead atoms. The highest BCUT2D eigenvalue weighted by atomic mass is 16.5. The average Bonchev–Trinajstić information content (AvgIpc) is 2.78. The molecule has 18 heavy (non-hydrogen) atoms. The highest BCUT2D eigenvalue weighted by Gasteiger charge is 2.27. The molecule has 1 aliphatic heterocycles. The fourth-order valence-corrected chi connectivity index (χ4v) is 2.59. The van der Waals surface area contributed by atoms with E-state index in [1.807, 2.05) is 19.4 Å². The molecule has 2 N–H and O–H groups in total. The number of methoxy groups -OCH3 is 1. The molecule has 5 heteroatoms. The highest BCUT2D eigenvalue weighted by molar-refractivity contribution is 5.10. The predicted octanol–water partition coefficient (Wildman–Crippen LogP) is 0.777. The second kappa shape index (κ2) is 5.82. The molecule has 2 rings (SSSR count). The lowest BCUT2D eigenvalue weighted by Crippen LogP contribution is -2.46. The van der Waals surface area contributed by atoms with Gasteiger partial charge in [0.25, 0.3) is 0 Å². The molecule has 3 unspecified atom stereocenters. The summed E-state index contributed by atoms with van der Waals surface area (Å²) in [5.74, 6) is 0.640. The Morgan fingerprint density at radius 1 is 1.61 bits per heavy atom. The Morgan fingerprint density at radius 3 is 3.00 bits per heavy atom. The van der Waals surface area contributed by atoms with Crippen molar-refractivity contribution >= 4 is 0 Å². The van der Waals surface area contributed by atoms with Gasteiger partial charge in [-0.1, -0.05) is 6.92 Å². The zero-order chi connectivity index (χ0) is 13.1. The van der Waals surface area contributed by atoms with E-state index >= 15 is 0 Å². The molecule has 1 aromatic heterocycles. The van der Waals surface area contributed by atoms with Gasteiger partial charge < -0.3 is 10.5 Å². The first-order chi connectivity index (χ1) is 8.60. The van der Waals surface area contributed by atoms with Gasteiger partial charge in [0.2, 0.25) is 0 Å². The van der Waals surface area contributed by atoms with Crippen molar-refractivity contribution in [3.8, 4) is 0 Å². The number of likely N-dealkylation sites (tertiary alicyclic amines) is 1. The Hall–Kier alpha value is -0.910. The number of hydrogen-bond donors (Lipinski definition) is 1. The van der Waals surface area contributed by atoms with E-state index in [0.717, 1.165) is 25.2 Å². The third-order valence-electron chi connectivity index (χ3n) is 3.88. The van der Waals surface area contributed by atoms with Crippen molar-refractivity contribution < 1.29 is 4.74 Å². The van der Waals surface area contributed by atoms with Crippen molar-refractivity contribution in [1.29, 1.82) is 0 Å². The molecule has 1 saturated heterocycles. The van der Waals surface area contributed by atoms with Gasteiger partial charge in [0.05, 0.1) is 12.3 Å². The van der Waals surface area contributed by atoms with Crippen LogP contribution in [-0.4, -0.2) is 47.5 Å². The number of hydrogen-bond acceptors (Lipinski definition) is 4. The zero-order valence-electron chi connectivity index (χ0n) is 11.5. The van der Waals surface area contributed by atoms with Crippen LogP contribution in [0.3, 0.4) is 0 Å². The summed E-state index contributed by atoms with van der Waals surface area (Å²) in [7, 11) is 3.71. The third-order valence-corrected chi connectivity index (χ3v) is 3.88. The van der Waals surface area contributed by atoms with Crippen molar-refractivity contribution in [3.63, 3.8) is 0 Å². The van der Waals surface area contributed by atoms with Gasteiger partial charge in [-0.15, -0.1) is 0 Å². The maximum absolute atomic E-state index is 6.22. The van der Waals surface area contributed by atoms with Crippen LogP contribution in [0, 0.1) is 5.92 Å². The summed E-state index contributed by atoms with van der Waals surface area (Å²) < 4.78 is 7.32. The number of nitrogens with two attached hydrogens (primary N) is 1. The second-order valence-electron chi connectivity index (χ2n) is 5.35. The molecule has 1 fully saturated rings. The summed E-state index contributed by atoms with van der Waals surface area (Å²) in [5, 5.41) is 4.17. The van der Waals surface area contributed by atoms with Gasteiger partial charge in [0.1, 0.15) is 0 Å². The van der Waals surface area contributed by atoms with E-state index in [1.54, 1.807) is 11.8 Å². The molecule has 0 radical (unpaired) electrons. The molecule has 3 atom stereocenters. The number of aromatic nitrogens is 2. The molecule has 102 valence electrons. The molecule has 1 aliphatic rings. The van der Waals surface area contributed by atoms with Crippen LogP contribution in [-0.2, 0) is 11.8 Å². The summed E-state index contributed by atoms with van der Waals surface area (Å²) in [6.45, 7) is 5.21. The number of aryl methyl sites for hydroxylation is 1. The van der Waals surface area contributed by atoms with E-state index in [4.69, 9.17) is 10.5 Å². The van der Waals surface area contributed by atoms with Crippen LogP contribution in [0.5, 0.6) is 0 Å². The van der Waals surface area contributed by atoms with Crippen LogP contribution in [0.4, 0.5) is 0 Å². The van der Waals surface area contributed by atoms with Gasteiger partial charge >= 0.3 is 0 Å². The smallest absolute Gasteiger partial charge is 0.0724 e. The molecule has 0 saturated carbocycles. The monoisotopic (exact) mass is 252 g/mol. The van der Waals surface area contributed by atoms with Crippen molar-refractivity contribution in [1.82, 2.24) is 14.7 Å². The maximum Gasteiger partial charge on any atom is 0.0724 e. The van der Waals surface area contributed by atoms with Gasteiger partial charge in [0.15, 0.2) is 0 Å². The zero-order valence-corrected chi connectivity index (χ0v) is 11.5. The maximum atomic E-state index is 6.22. The van der Waals surface area contributed by atoms with Crippen molar-refractivity contribution in [2.24, 2.45) is 18.7 Å². The van der Waals surface area contributed by atoms with Gasteiger partial charge in [-0.2, -0.15) is 5.10 Å². The predicted molar refractivity (Wildman–Crippen MR) is 71.2 cm³/mol. The number of piperidine rings is 1. The summed E-state index contributed by atoms with van der Waals surface area (Å²) in [4.78, 5) is 2.39. The summed E-state index contributed by atoms with van der Waals surface area (Å²) in [5.41, 5.74) is 7.33. The lowest BCUT2D eigenvalue weighted by atomic mass is 9.95. The molecular formula is C13H24N4O. The first kappa shape index (κ1) is 13.5. The lowest BCUT2D eigenvalue weighted by Gasteiger charge is -2.37. The Morgan fingerprint density at radius 2 is 2.39 bits per heavy atom. The van der Waals surface area contributed by atoms with Crippen LogP contribution in [0.25, 0.3) is 0 Å². The second-order valence-corrected chi connectivity index (χ2v) is 5.35. The minimum absolute atomic E-state index is 0.0320. The topological polar surface area (TPSA) is 56.3 Å². The third kappa shape index (κ3) is 3.10. The van der Waals surface area contributed by atoms with Gasteiger partial charge in [-0.25, -0.2) is 0 Å². The minimum Gasteiger partial charge on any atom is -0.380 e. The Bertz CT molecular complexity index is 379. The highest BCUT2D eigenvalue weighted by Crippen LogP contribution is 2.21. The van der Waals surface area contributed by atoms with Crippen molar-refractivity contribution in [2.75, 3.05) is 26.7 Å². The Balaban J connectivity index is 1.89. The summed E-state index contributed by atoms with van der Waals surface area (Å²) >= 11 is 0. The van der Waals surface area contributed by atoms with E-state index in [0.29, 0.717) is 12.0 Å². The minimum atomic E-state index is 0.0320. The van der Waals surface area contributed by atoms with E-state index in [2.05, 4.69) is 16.9 Å². The largest absolute Gasteiger partial charge is 0.380 e. The fraction of sp³-hybridized carbons (Fsp3) is 0.769. The molecule has 2 heterocycles. The van der Waals surface area contributed by atoms with Gasteiger partial charge in [-0.05, 0) is 18.9 Å². The molecule has 0 aliphatic carbocycles. The molecule has 0 aromatic carbocycles. The summed E-state index contributed by atoms with van der Waals surface area (Å²) in [6.07, 6.45) is 5.36. The Labute approximate surface area is 109 Å². The quantitative estimate of drug-likeness (QED) is 0.860. The van der Waals surface area contributed by atoms with Gasteiger partial charge in [-0.3, -0.25) is 9.58 Å².